The third kappa shape index (κ3) is 3.80. The number of benzene rings is 1. The summed E-state index contributed by atoms with van der Waals surface area (Å²) in [5.41, 5.74) is 0. The quantitative estimate of drug-likeness (QED) is 0.604. The zero-order valence-electron chi connectivity index (χ0n) is 14.9. The van der Waals surface area contributed by atoms with Crippen molar-refractivity contribution in [3.8, 4) is 11.5 Å². The van der Waals surface area contributed by atoms with E-state index < -0.39 is 5.79 Å². The first-order valence-electron chi connectivity index (χ1n) is 8.49. The summed E-state index contributed by atoms with van der Waals surface area (Å²) in [6, 6.07) is 7.99. The molecule has 3 atom stereocenters. The Balaban J connectivity index is 0.000000160. The Morgan fingerprint density at radius 1 is 1.20 bits per heavy atom. The van der Waals surface area contributed by atoms with E-state index in [4.69, 9.17) is 18.9 Å². The molecule has 1 aromatic carbocycles. The molecule has 25 heavy (non-hydrogen) atoms. The fourth-order valence-corrected chi connectivity index (χ4v) is 3.60. The van der Waals surface area contributed by atoms with Crippen LogP contribution < -0.4 is 9.47 Å². The Hall–Kier alpha value is -2.05. The van der Waals surface area contributed by atoms with Gasteiger partial charge in [-0.1, -0.05) is 18.2 Å². The van der Waals surface area contributed by atoms with Crippen LogP contribution in [0.15, 0.2) is 36.4 Å². The Morgan fingerprint density at radius 2 is 1.88 bits per heavy atom. The van der Waals surface area contributed by atoms with Crippen LogP contribution in [0.3, 0.4) is 0 Å². The smallest absolute Gasteiger partial charge is 0.335 e. The van der Waals surface area contributed by atoms with Crippen LogP contribution in [0, 0.1) is 5.92 Å². The van der Waals surface area contributed by atoms with Gasteiger partial charge in [0, 0.05) is 12.5 Å². The summed E-state index contributed by atoms with van der Waals surface area (Å²) >= 11 is 0. The standard InChI is InChI=1S/C11H15NO3.C8H10O2/c1-12-5-3-8-2-4-11(6-9(8)12)14-7-10(13)15-11;1-9-7-5-3-4-6-8(7)10-2/h2,4,8-9H,3,5-7H2,1H3;3-6H,1-2H3. The van der Waals surface area contributed by atoms with Crippen molar-refractivity contribution in [3.05, 3.63) is 36.4 Å². The van der Waals surface area contributed by atoms with Gasteiger partial charge in [-0.3, -0.25) is 0 Å². The second-order valence-electron chi connectivity index (χ2n) is 6.49. The lowest BCUT2D eigenvalue weighted by atomic mass is 9.87. The van der Waals surface area contributed by atoms with E-state index in [1.807, 2.05) is 30.3 Å². The molecule has 6 nitrogen and oxygen atoms in total. The number of carbonyl (C=O) groups excluding carboxylic acids is 1. The number of nitrogens with zero attached hydrogens (tertiary/aromatic N) is 1. The maximum Gasteiger partial charge on any atom is 0.335 e. The molecule has 3 unspecified atom stereocenters. The van der Waals surface area contributed by atoms with Crippen LogP contribution in [0.2, 0.25) is 0 Å². The van der Waals surface area contributed by atoms with Gasteiger partial charge in [0.2, 0.25) is 5.79 Å². The third-order valence-electron chi connectivity index (χ3n) is 4.98. The van der Waals surface area contributed by atoms with Crippen molar-refractivity contribution in [2.75, 3.05) is 34.4 Å². The van der Waals surface area contributed by atoms with Crippen molar-refractivity contribution < 1.29 is 23.7 Å². The summed E-state index contributed by atoms with van der Waals surface area (Å²) in [7, 11) is 5.37. The number of carbonyl (C=O) groups is 1. The van der Waals surface area contributed by atoms with Crippen LogP contribution in [0.25, 0.3) is 0 Å². The molecule has 0 aromatic heterocycles. The normalized spacial score (nSPS) is 30.4. The lowest BCUT2D eigenvalue weighted by Gasteiger charge is -2.35. The average molecular weight is 347 g/mol. The minimum absolute atomic E-state index is 0.0887. The van der Waals surface area contributed by atoms with Gasteiger partial charge in [-0.05, 0) is 44.1 Å². The maximum absolute atomic E-state index is 11.1. The van der Waals surface area contributed by atoms with Gasteiger partial charge >= 0.3 is 5.97 Å². The van der Waals surface area contributed by atoms with Crippen LogP contribution in [-0.2, 0) is 14.3 Å². The van der Waals surface area contributed by atoms with Gasteiger partial charge in [0.15, 0.2) is 11.5 Å². The highest BCUT2D eigenvalue weighted by Gasteiger charge is 2.48. The molecular weight excluding hydrogens is 322 g/mol. The number of hydrogen-bond donors (Lipinski definition) is 0. The zero-order valence-corrected chi connectivity index (χ0v) is 14.9. The number of para-hydroxylation sites is 2. The number of fused-ring (bicyclic) bond motifs is 1. The molecule has 6 heteroatoms. The molecule has 2 saturated heterocycles. The second-order valence-corrected chi connectivity index (χ2v) is 6.49. The maximum atomic E-state index is 11.1. The number of likely N-dealkylation sites (tertiary alicyclic amines) is 1. The molecule has 2 aliphatic heterocycles. The molecule has 0 amide bonds. The molecule has 4 rings (SSSR count). The van der Waals surface area contributed by atoms with Crippen LogP contribution in [-0.4, -0.2) is 57.1 Å². The molecule has 1 aromatic rings. The second kappa shape index (κ2) is 7.45. The third-order valence-corrected chi connectivity index (χ3v) is 4.98. The molecule has 1 aliphatic carbocycles. The van der Waals surface area contributed by atoms with Gasteiger partial charge in [-0.2, -0.15) is 0 Å². The Morgan fingerprint density at radius 3 is 2.44 bits per heavy atom. The highest BCUT2D eigenvalue weighted by Crippen LogP contribution is 2.39. The largest absolute Gasteiger partial charge is 0.493 e. The molecule has 2 heterocycles. The van der Waals surface area contributed by atoms with E-state index >= 15 is 0 Å². The van der Waals surface area contributed by atoms with Gasteiger partial charge < -0.3 is 23.8 Å². The summed E-state index contributed by atoms with van der Waals surface area (Å²) in [5, 5.41) is 0. The van der Waals surface area contributed by atoms with Crippen LogP contribution in [0.5, 0.6) is 11.5 Å². The predicted octanol–water partition coefficient (Wildman–Crippen LogP) is 2.24. The Labute approximate surface area is 148 Å². The van der Waals surface area contributed by atoms with Crippen LogP contribution in [0.4, 0.5) is 0 Å². The van der Waals surface area contributed by atoms with Gasteiger partial charge in [-0.25, -0.2) is 4.79 Å². The molecule has 2 fully saturated rings. The summed E-state index contributed by atoms with van der Waals surface area (Å²) in [6.45, 7) is 1.20. The predicted molar refractivity (Wildman–Crippen MR) is 92.6 cm³/mol. The number of rotatable bonds is 2. The Kier molecular flexibility index (Phi) is 5.30. The molecule has 0 bridgehead atoms. The van der Waals surface area contributed by atoms with Crippen molar-refractivity contribution in [1.29, 1.82) is 0 Å². The molecule has 0 radical (unpaired) electrons. The summed E-state index contributed by atoms with van der Waals surface area (Å²) in [5.74, 6) is 1.13. The minimum atomic E-state index is -0.753. The van der Waals surface area contributed by atoms with Gasteiger partial charge in [0.25, 0.3) is 0 Å². The first kappa shape index (κ1) is 17.8. The zero-order chi connectivity index (χ0) is 17.9. The van der Waals surface area contributed by atoms with E-state index in [1.54, 1.807) is 14.2 Å². The van der Waals surface area contributed by atoms with E-state index in [-0.39, 0.29) is 12.6 Å². The van der Waals surface area contributed by atoms with Crippen LogP contribution in [0.1, 0.15) is 12.8 Å². The number of esters is 1. The van der Waals surface area contributed by atoms with Crippen molar-refractivity contribution in [3.63, 3.8) is 0 Å². The highest BCUT2D eigenvalue weighted by atomic mass is 16.8. The lowest BCUT2D eigenvalue weighted by molar-refractivity contribution is -0.163. The summed E-state index contributed by atoms with van der Waals surface area (Å²) in [6.07, 6.45) is 6.05. The minimum Gasteiger partial charge on any atom is -0.493 e. The fourth-order valence-electron chi connectivity index (χ4n) is 3.60. The van der Waals surface area contributed by atoms with Crippen LogP contribution >= 0.6 is 0 Å². The number of ether oxygens (including phenoxy) is 4. The first-order chi connectivity index (χ1) is 12.1. The lowest BCUT2D eigenvalue weighted by Crippen LogP contribution is -2.42. The molecule has 3 aliphatic rings. The Bertz CT molecular complexity index is 623. The van der Waals surface area contributed by atoms with Crippen molar-refractivity contribution >= 4 is 5.97 Å². The first-order valence-corrected chi connectivity index (χ1v) is 8.49. The monoisotopic (exact) mass is 347 g/mol. The van der Waals surface area contributed by atoms with E-state index in [1.165, 1.54) is 6.42 Å². The molecule has 1 spiro atoms. The highest BCUT2D eigenvalue weighted by molar-refractivity contribution is 5.73. The summed E-state index contributed by atoms with van der Waals surface area (Å²) < 4.78 is 20.8. The average Bonchev–Trinajstić information content (AvgIpc) is 3.18. The van der Waals surface area contributed by atoms with Crippen molar-refractivity contribution in [2.24, 2.45) is 5.92 Å². The van der Waals surface area contributed by atoms with E-state index in [9.17, 15) is 4.79 Å². The molecule has 136 valence electrons. The van der Waals surface area contributed by atoms with Crippen molar-refractivity contribution in [1.82, 2.24) is 4.90 Å². The SMILES string of the molecule is CN1CCC2C=CC3(CC21)OCC(=O)O3.COc1ccccc1OC. The van der Waals surface area contributed by atoms with Gasteiger partial charge in [0.1, 0.15) is 6.61 Å². The van der Waals surface area contributed by atoms with Gasteiger partial charge in [0.05, 0.1) is 14.2 Å². The van der Waals surface area contributed by atoms with E-state index in [0.29, 0.717) is 12.0 Å². The molecule has 0 N–H and O–H groups in total. The topological polar surface area (TPSA) is 57.2 Å². The van der Waals surface area contributed by atoms with E-state index in [2.05, 4.69) is 18.0 Å². The summed E-state index contributed by atoms with van der Waals surface area (Å²) in [4.78, 5) is 13.4. The number of hydrogen-bond acceptors (Lipinski definition) is 6. The van der Waals surface area contributed by atoms with Gasteiger partial charge in [-0.15, -0.1) is 0 Å². The van der Waals surface area contributed by atoms with E-state index in [0.717, 1.165) is 24.5 Å². The fraction of sp³-hybridized carbons (Fsp3) is 0.526. The van der Waals surface area contributed by atoms with Crippen molar-refractivity contribution in [2.45, 2.75) is 24.7 Å². The molecule has 0 saturated carbocycles. The number of methoxy groups -OCH3 is 2. The molecular formula is C19H25NO5.